The molecule has 1 amide bonds. The SMILES string of the molecule is CC(C)C[C@H](CC(=O)[C@@H](NC(=O)c1cccc(-c2ccccc2)n1)[C@@H](C)O)B1OC(=O)[C@H](C)N(C)[C@@H](C)C(=O)O1. The van der Waals surface area contributed by atoms with Crippen LogP contribution in [0.25, 0.3) is 11.3 Å². The fourth-order valence-electron chi connectivity index (χ4n) is 4.61. The van der Waals surface area contributed by atoms with Crippen molar-refractivity contribution in [1.29, 1.82) is 0 Å². The summed E-state index contributed by atoms with van der Waals surface area (Å²) in [5.41, 5.74) is 1.51. The Balaban J connectivity index is 1.80. The van der Waals surface area contributed by atoms with Crippen molar-refractivity contribution in [3.05, 3.63) is 54.2 Å². The lowest BCUT2D eigenvalue weighted by molar-refractivity contribution is -0.153. The van der Waals surface area contributed by atoms with Gasteiger partial charge in [-0.3, -0.25) is 24.1 Å². The van der Waals surface area contributed by atoms with Gasteiger partial charge in [0.1, 0.15) is 23.8 Å². The van der Waals surface area contributed by atoms with Gasteiger partial charge in [-0.25, -0.2) is 4.98 Å². The normalized spacial score (nSPS) is 20.6. The van der Waals surface area contributed by atoms with Crippen molar-refractivity contribution in [3.8, 4) is 11.3 Å². The second kappa shape index (κ2) is 13.7. The van der Waals surface area contributed by atoms with E-state index in [0.29, 0.717) is 12.1 Å². The summed E-state index contributed by atoms with van der Waals surface area (Å²) in [5.74, 6) is -2.85. The molecule has 0 saturated carbocycles. The third-order valence-electron chi connectivity index (χ3n) is 7.16. The van der Waals surface area contributed by atoms with Crippen molar-refractivity contribution in [2.75, 3.05) is 7.05 Å². The molecular weight excluding hydrogens is 513 g/mol. The Bertz CT molecular complexity index is 1180. The first kappa shape index (κ1) is 31.0. The summed E-state index contributed by atoms with van der Waals surface area (Å²) in [7, 11) is 0.354. The second-order valence-corrected chi connectivity index (χ2v) is 10.8. The number of hydrogen-bond acceptors (Lipinski definition) is 9. The van der Waals surface area contributed by atoms with Gasteiger partial charge in [-0.15, -0.1) is 0 Å². The molecule has 0 spiro atoms. The fraction of sp³-hybridized carbons (Fsp3) is 0.483. The van der Waals surface area contributed by atoms with Crippen LogP contribution in [0.2, 0.25) is 5.82 Å². The number of aliphatic hydroxyl groups excluding tert-OH is 1. The first-order chi connectivity index (χ1) is 18.9. The van der Waals surface area contributed by atoms with Gasteiger partial charge in [-0.05, 0) is 52.3 Å². The van der Waals surface area contributed by atoms with Gasteiger partial charge in [0.05, 0.1) is 11.8 Å². The van der Waals surface area contributed by atoms with E-state index in [1.54, 1.807) is 37.9 Å². The quantitative estimate of drug-likeness (QED) is 0.428. The number of amides is 1. The molecule has 0 unspecified atom stereocenters. The van der Waals surface area contributed by atoms with Gasteiger partial charge in [0.25, 0.3) is 5.91 Å². The molecule has 1 aliphatic heterocycles. The number of pyridine rings is 1. The highest BCUT2D eigenvalue weighted by molar-refractivity contribution is 6.51. The van der Waals surface area contributed by atoms with Gasteiger partial charge < -0.3 is 19.7 Å². The predicted octanol–water partition coefficient (Wildman–Crippen LogP) is 2.90. The van der Waals surface area contributed by atoms with Crippen LogP contribution in [0.4, 0.5) is 0 Å². The van der Waals surface area contributed by atoms with Crippen LogP contribution in [-0.4, -0.2) is 77.0 Å². The van der Waals surface area contributed by atoms with Crippen LogP contribution in [0, 0.1) is 5.92 Å². The Morgan fingerprint density at radius 1 is 1.00 bits per heavy atom. The summed E-state index contributed by atoms with van der Waals surface area (Å²) >= 11 is 0. The van der Waals surface area contributed by atoms with Gasteiger partial charge in [0.2, 0.25) is 0 Å². The zero-order chi connectivity index (χ0) is 29.6. The molecule has 40 heavy (non-hydrogen) atoms. The van der Waals surface area contributed by atoms with Crippen molar-refractivity contribution < 1.29 is 33.6 Å². The molecule has 0 radical (unpaired) electrons. The minimum absolute atomic E-state index is 0.0719. The van der Waals surface area contributed by atoms with Gasteiger partial charge >= 0.3 is 19.1 Å². The molecule has 1 saturated heterocycles. The number of aromatic nitrogens is 1. The minimum atomic E-state index is -1.28. The molecule has 11 heteroatoms. The molecule has 10 nitrogen and oxygen atoms in total. The van der Waals surface area contributed by atoms with Crippen molar-refractivity contribution in [2.45, 2.75) is 77.5 Å². The zero-order valence-electron chi connectivity index (χ0n) is 23.9. The molecule has 1 fully saturated rings. The number of ketones is 1. The smallest absolute Gasteiger partial charge is 0.498 e. The lowest BCUT2D eigenvalue weighted by atomic mass is 9.64. The molecule has 3 rings (SSSR count). The van der Waals surface area contributed by atoms with Gasteiger partial charge in [0, 0.05) is 17.8 Å². The van der Waals surface area contributed by atoms with E-state index in [0.717, 1.165) is 5.56 Å². The summed E-state index contributed by atoms with van der Waals surface area (Å²) < 4.78 is 11.1. The van der Waals surface area contributed by atoms with E-state index in [9.17, 15) is 24.3 Å². The number of rotatable bonds is 10. The van der Waals surface area contributed by atoms with Gasteiger partial charge in [-0.2, -0.15) is 0 Å². The monoisotopic (exact) mass is 551 g/mol. The number of carbonyl (C=O) groups is 4. The van der Waals surface area contributed by atoms with Crippen molar-refractivity contribution in [2.24, 2.45) is 5.92 Å². The molecular formula is C29H38BN3O7. The molecule has 1 aromatic heterocycles. The minimum Gasteiger partial charge on any atom is -0.498 e. The molecule has 2 N–H and O–H groups in total. The number of likely N-dealkylation sites (N-methyl/N-ethyl adjacent to an activating group) is 1. The van der Waals surface area contributed by atoms with E-state index in [1.807, 2.05) is 44.2 Å². The summed E-state index contributed by atoms with van der Waals surface area (Å²) in [5, 5.41) is 13.1. The molecule has 1 aliphatic rings. The summed E-state index contributed by atoms with van der Waals surface area (Å²) in [6.45, 7) is 8.54. The van der Waals surface area contributed by atoms with Crippen molar-refractivity contribution in [1.82, 2.24) is 15.2 Å². The van der Waals surface area contributed by atoms with E-state index in [4.69, 9.17) is 9.31 Å². The van der Waals surface area contributed by atoms with E-state index < -0.39 is 60.8 Å². The zero-order valence-corrected chi connectivity index (χ0v) is 23.9. The molecule has 1 aromatic carbocycles. The number of benzene rings is 1. The lowest BCUT2D eigenvalue weighted by Gasteiger charge is -2.34. The molecule has 0 aliphatic carbocycles. The maximum Gasteiger partial charge on any atom is 0.602 e. The van der Waals surface area contributed by atoms with E-state index in [2.05, 4.69) is 10.3 Å². The summed E-state index contributed by atoms with van der Waals surface area (Å²) in [6.07, 6.45) is -1.02. The highest BCUT2D eigenvalue weighted by Gasteiger charge is 2.45. The number of carbonyl (C=O) groups excluding carboxylic acids is 4. The van der Waals surface area contributed by atoms with E-state index in [1.165, 1.54) is 13.0 Å². The second-order valence-electron chi connectivity index (χ2n) is 10.8. The number of hydrogen-bond donors (Lipinski definition) is 2. The van der Waals surface area contributed by atoms with Crippen LogP contribution in [-0.2, 0) is 23.7 Å². The van der Waals surface area contributed by atoms with Gasteiger partial charge in [-0.1, -0.05) is 50.2 Å². The largest absolute Gasteiger partial charge is 0.602 e. The highest BCUT2D eigenvalue weighted by atomic mass is 16.6. The number of nitrogens with one attached hydrogen (secondary N) is 1. The van der Waals surface area contributed by atoms with Crippen LogP contribution in [0.5, 0.6) is 0 Å². The number of aliphatic hydroxyl groups is 1. The van der Waals surface area contributed by atoms with Crippen LogP contribution in [0.15, 0.2) is 48.5 Å². The third-order valence-corrected chi connectivity index (χ3v) is 7.16. The Hall–Kier alpha value is -3.57. The standard InChI is InChI=1S/C29H38BN3O7/c1-17(2)15-22(30-39-28(37)18(3)33(6)19(4)29(38)40-30)16-25(35)26(20(5)34)32-27(36)24-14-10-13-23(31-24)21-11-8-7-9-12-21/h7-14,17-20,22,26,34H,15-16H2,1-6H3,(H,32,36)/t18-,19-,20+,22+,26-/m0/s1. The summed E-state index contributed by atoms with van der Waals surface area (Å²) in [6, 6.07) is 11.7. The third kappa shape index (κ3) is 7.76. The Morgan fingerprint density at radius 2 is 1.60 bits per heavy atom. The Morgan fingerprint density at radius 3 is 2.15 bits per heavy atom. The van der Waals surface area contributed by atoms with E-state index >= 15 is 0 Å². The average molecular weight is 551 g/mol. The molecule has 214 valence electrons. The molecule has 5 atom stereocenters. The molecule has 0 bridgehead atoms. The topological polar surface area (TPSA) is 135 Å². The van der Waals surface area contributed by atoms with Crippen LogP contribution in [0.3, 0.4) is 0 Å². The maximum atomic E-state index is 13.5. The fourth-order valence-corrected chi connectivity index (χ4v) is 4.61. The lowest BCUT2D eigenvalue weighted by Crippen LogP contribution is -2.53. The average Bonchev–Trinajstić information content (AvgIpc) is 2.93. The van der Waals surface area contributed by atoms with Crippen molar-refractivity contribution in [3.63, 3.8) is 0 Å². The highest BCUT2D eigenvalue weighted by Crippen LogP contribution is 2.29. The van der Waals surface area contributed by atoms with Crippen molar-refractivity contribution >= 4 is 30.7 Å². The summed E-state index contributed by atoms with van der Waals surface area (Å²) in [4.78, 5) is 58.1. The van der Waals surface area contributed by atoms with Crippen LogP contribution in [0.1, 0.15) is 57.9 Å². The first-order valence-electron chi connectivity index (χ1n) is 13.6. The maximum absolute atomic E-state index is 13.5. The molecule has 2 aromatic rings. The Kier molecular flexibility index (Phi) is 10.6. The van der Waals surface area contributed by atoms with Gasteiger partial charge in [0.15, 0.2) is 5.78 Å². The molecule has 2 heterocycles. The van der Waals surface area contributed by atoms with Crippen LogP contribution < -0.4 is 5.32 Å². The number of Topliss-reactive ketones (excluding diaryl/α,β-unsaturated/α-hetero) is 1. The number of nitrogens with zero attached hydrogens (tertiary/aromatic N) is 2. The van der Waals surface area contributed by atoms with Crippen LogP contribution >= 0.6 is 0 Å². The van der Waals surface area contributed by atoms with E-state index in [-0.39, 0.29) is 18.0 Å². The first-order valence-corrected chi connectivity index (χ1v) is 13.6. The Labute approximate surface area is 235 Å². The predicted molar refractivity (Wildman–Crippen MR) is 150 cm³/mol.